The molecule has 0 aromatic heterocycles. The van der Waals surface area contributed by atoms with Crippen LogP contribution in [0.2, 0.25) is 0 Å². The van der Waals surface area contributed by atoms with Gasteiger partial charge in [0, 0.05) is 28.5 Å². The summed E-state index contributed by atoms with van der Waals surface area (Å²) in [5, 5.41) is 3.50. The fourth-order valence-corrected chi connectivity index (χ4v) is 2.36. The molecule has 0 radical (unpaired) electrons. The number of hydrogen-bond acceptors (Lipinski definition) is 3. The van der Waals surface area contributed by atoms with Crippen LogP contribution in [0.15, 0.2) is 22.7 Å². The Hall–Kier alpha value is -0.580. The van der Waals surface area contributed by atoms with Gasteiger partial charge >= 0.3 is 0 Å². The van der Waals surface area contributed by atoms with Crippen LogP contribution in [-0.4, -0.2) is 24.9 Å². The maximum atomic E-state index is 6.04. The first-order chi connectivity index (χ1) is 8.94. The van der Waals surface area contributed by atoms with E-state index in [2.05, 4.69) is 48.1 Å². The first kappa shape index (κ1) is 14.8. The summed E-state index contributed by atoms with van der Waals surface area (Å²) in [6.07, 6.45) is 1.16. The van der Waals surface area contributed by atoms with Crippen LogP contribution in [0, 0.1) is 0 Å². The van der Waals surface area contributed by atoms with Gasteiger partial charge in [-0.2, -0.15) is 0 Å². The van der Waals surface area contributed by atoms with Crippen molar-refractivity contribution in [2.75, 3.05) is 13.2 Å². The molecule has 1 atom stereocenters. The molecule has 2 rings (SSSR count). The molecule has 1 unspecified atom stereocenters. The number of halogens is 1. The van der Waals surface area contributed by atoms with E-state index >= 15 is 0 Å². The van der Waals surface area contributed by atoms with Gasteiger partial charge in [-0.3, -0.25) is 0 Å². The lowest BCUT2D eigenvalue weighted by Crippen LogP contribution is -2.35. The van der Waals surface area contributed by atoms with E-state index in [1.54, 1.807) is 0 Å². The Kier molecular flexibility index (Phi) is 4.87. The van der Waals surface area contributed by atoms with E-state index in [0.29, 0.717) is 6.61 Å². The first-order valence-electron chi connectivity index (χ1n) is 6.72. The van der Waals surface area contributed by atoms with Crippen LogP contribution in [0.25, 0.3) is 0 Å². The van der Waals surface area contributed by atoms with Crippen molar-refractivity contribution in [2.24, 2.45) is 0 Å². The summed E-state index contributed by atoms with van der Waals surface area (Å²) in [6, 6.07) is 6.16. The van der Waals surface area contributed by atoms with Crippen molar-refractivity contribution < 1.29 is 9.47 Å². The highest BCUT2D eigenvalue weighted by atomic mass is 79.9. The third-order valence-electron chi connectivity index (χ3n) is 3.01. The fraction of sp³-hybridized carbons (Fsp3) is 0.600. The second-order valence-electron chi connectivity index (χ2n) is 5.96. The lowest BCUT2D eigenvalue weighted by Gasteiger charge is -2.22. The summed E-state index contributed by atoms with van der Waals surface area (Å²) in [4.78, 5) is 0. The molecule has 1 fully saturated rings. The largest absolute Gasteiger partial charge is 0.488 e. The second kappa shape index (κ2) is 6.25. The summed E-state index contributed by atoms with van der Waals surface area (Å²) < 4.78 is 12.5. The molecular weight excluding hydrogens is 306 g/mol. The van der Waals surface area contributed by atoms with Crippen LogP contribution in [0.4, 0.5) is 0 Å². The predicted octanol–water partition coefficient (Wildman–Crippen LogP) is 3.50. The van der Waals surface area contributed by atoms with E-state index in [1.807, 2.05) is 12.1 Å². The van der Waals surface area contributed by atoms with Crippen molar-refractivity contribution in [3.63, 3.8) is 0 Å². The van der Waals surface area contributed by atoms with Crippen molar-refractivity contribution in [3.8, 4) is 5.75 Å². The monoisotopic (exact) mass is 327 g/mol. The minimum absolute atomic E-state index is 0.0933. The molecule has 4 heteroatoms. The Labute approximate surface area is 123 Å². The lowest BCUT2D eigenvalue weighted by atomic mass is 10.1. The highest BCUT2D eigenvalue weighted by Gasteiger charge is 2.19. The summed E-state index contributed by atoms with van der Waals surface area (Å²) in [5.74, 6) is 0.954. The van der Waals surface area contributed by atoms with Gasteiger partial charge in [-0.1, -0.05) is 15.9 Å². The molecule has 1 aromatic rings. The average Bonchev–Trinajstić information content (AvgIpc) is 2.81. The van der Waals surface area contributed by atoms with Gasteiger partial charge < -0.3 is 14.8 Å². The van der Waals surface area contributed by atoms with Gasteiger partial charge in [-0.25, -0.2) is 0 Å². The topological polar surface area (TPSA) is 30.5 Å². The summed E-state index contributed by atoms with van der Waals surface area (Å²) in [6.45, 7) is 8.79. The quantitative estimate of drug-likeness (QED) is 0.918. The molecule has 0 amide bonds. The van der Waals surface area contributed by atoms with Crippen LogP contribution in [0.3, 0.4) is 0 Å². The first-order valence-corrected chi connectivity index (χ1v) is 7.51. The Morgan fingerprint density at radius 1 is 1.42 bits per heavy atom. The Bertz CT molecular complexity index is 423. The average molecular weight is 328 g/mol. The summed E-state index contributed by atoms with van der Waals surface area (Å²) in [7, 11) is 0. The molecule has 1 aliphatic rings. The van der Waals surface area contributed by atoms with Gasteiger partial charge in [0.2, 0.25) is 0 Å². The smallest absolute Gasteiger partial charge is 0.124 e. The van der Waals surface area contributed by atoms with Gasteiger partial charge in [-0.05, 0) is 39.0 Å². The SMILES string of the molecule is CC(C)(C)NCc1cc(Br)ccc1OC1CCOC1. The maximum Gasteiger partial charge on any atom is 0.124 e. The van der Waals surface area contributed by atoms with Crippen molar-refractivity contribution in [1.29, 1.82) is 0 Å². The zero-order valence-electron chi connectivity index (χ0n) is 11.8. The molecule has 106 valence electrons. The molecule has 1 heterocycles. The standard InChI is InChI=1S/C15H22BrNO2/c1-15(2,3)17-9-11-8-12(16)4-5-14(11)19-13-6-7-18-10-13/h4-5,8,13,17H,6-7,9-10H2,1-3H3. The molecule has 0 aliphatic carbocycles. The predicted molar refractivity (Wildman–Crippen MR) is 80.6 cm³/mol. The molecule has 1 aromatic carbocycles. The van der Waals surface area contributed by atoms with E-state index in [4.69, 9.17) is 9.47 Å². The number of rotatable bonds is 4. The van der Waals surface area contributed by atoms with Crippen molar-refractivity contribution in [1.82, 2.24) is 5.32 Å². The molecule has 0 bridgehead atoms. The second-order valence-corrected chi connectivity index (χ2v) is 6.87. The molecule has 3 nitrogen and oxygen atoms in total. The van der Waals surface area contributed by atoms with Gasteiger partial charge in [0.15, 0.2) is 0 Å². The van der Waals surface area contributed by atoms with E-state index in [9.17, 15) is 0 Å². The number of ether oxygens (including phenoxy) is 2. The van der Waals surface area contributed by atoms with Crippen LogP contribution < -0.4 is 10.1 Å². The Morgan fingerprint density at radius 3 is 2.84 bits per heavy atom. The summed E-state index contributed by atoms with van der Waals surface area (Å²) >= 11 is 3.52. The highest BCUT2D eigenvalue weighted by Crippen LogP contribution is 2.26. The zero-order valence-corrected chi connectivity index (χ0v) is 13.4. The van der Waals surface area contributed by atoms with Crippen LogP contribution >= 0.6 is 15.9 Å². The molecule has 1 aliphatic heterocycles. The molecule has 1 saturated heterocycles. The van der Waals surface area contributed by atoms with Gasteiger partial charge in [0.25, 0.3) is 0 Å². The van der Waals surface area contributed by atoms with Gasteiger partial charge in [0.1, 0.15) is 11.9 Å². The fourth-order valence-electron chi connectivity index (χ4n) is 1.95. The number of nitrogens with one attached hydrogen (secondary N) is 1. The Balaban J connectivity index is 2.08. The lowest BCUT2D eigenvalue weighted by molar-refractivity contribution is 0.140. The van der Waals surface area contributed by atoms with Crippen molar-refractivity contribution in [2.45, 2.75) is 45.4 Å². The Morgan fingerprint density at radius 2 is 2.21 bits per heavy atom. The third kappa shape index (κ3) is 4.79. The molecule has 19 heavy (non-hydrogen) atoms. The zero-order chi connectivity index (χ0) is 13.9. The van der Waals surface area contributed by atoms with Crippen LogP contribution in [0.5, 0.6) is 5.75 Å². The highest BCUT2D eigenvalue weighted by molar-refractivity contribution is 9.10. The van der Waals surface area contributed by atoms with Gasteiger partial charge in [-0.15, -0.1) is 0 Å². The molecule has 1 N–H and O–H groups in total. The minimum Gasteiger partial charge on any atom is -0.488 e. The summed E-state index contributed by atoms with van der Waals surface area (Å²) in [5.41, 5.74) is 1.27. The number of benzene rings is 1. The van der Waals surface area contributed by atoms with Crippen LogP contribution in [-0.2, 0) is 11.3 Å². The van der Waals surface area contributed by atoms with Crippen LogP contribution in [0.1, 0.15) is 32.8 Å². The van der Waals surface area contributed by atoms with E-state index in [0.717, 1.165) is 29.8 Å². The van der Waals surface area contributed by atoms with Gasteiger partial charge in [0.05, 0.1) is 13.2 Å². The molecular formula is C15H22BrNO2. The van der Waals surface area contributed by atoms with Crippen molar-refractivity contribution >= 4 is 15.9 Å². The molecule has 0 saturated carbocycles. The van der Waals surface area contributed by atoms with E-state index < -0.39 is 0 Å². The minimum atomic E-state index is 0.0933. The normalized spacial score (nSPS) is 19.7. The number of hydrogen-bond donors (Lipinski definition) is 1. The van der Waals surface area contributed by atoms with E-state index in [-0.39, 0.29) is 11.6 Å². The third-order valence-corrected chi connectivity index (χ3v) is 3.51. The van der Waals surface area contributed by atoms with E-state index in [1.165, 1.54) is 5.56 Å². The maximum absolute atomic E-state index is 6.04. The van der Waals surface area contributed by atoms with Crippen molar-refractivity contribution in [3.05, 3.63) is 28.2 Å². The molecule has 0 spiro atoms.